The number of rotatable bonds is 5. The van der Waals surface area contributed by atoms with Gasteiger partial charge >= 0.3 is 0 Å². The van der Waals surface area contributed by atoms with Crippen molar-refractivity contribution in [3.8, 4) is 33.4 Å². The summed E-state index contributed by atoms with van der Waals surface area (Å²) in [5.74, 6) is 0. The minimum Gasteiger partial charge on any atom is -0.326 e. The number of thiophene rings is 1. The molecule has 10 aromatic carbocycles. The minimum absolute atomic E-state index is 0.459. The molecule has 0 atom stereocenters. The first kappa shape index (κ1) is 44.3. The number of benzene rings is 10. The Morgan fingerprint density at radius 2 is 0.887 bits per heavy atom. The normalized spacial score (nSPS) is 13.8. The maximum Gasteiger partial charge on any atom is 0.0720 e. The van der Waals surface area contributed by atoms with Crippen molar-refractivity contribution in [2.45, 2.75) is 44.6 Å². The van der Waals surface area contributed by atoms with Gasteiger partial charge in [0.2, 0.25) is 0 Å². The van der Waals surface area contributed by atoms with Crippen molar-refractivity contribution in [3.63, 3.8) is 0 Å². The number of hydrogen-bond donors (Lipinski definition) is 1. The highest BCUT2D eigenvalue weighted by Crippen LogP contribution is 2.68. The lowest BCUT2D eigenvalue weighted by Gasteiger charge is -2.48. The molecule has 3 aliphatic rings. The SMILES string of the molecule is C/C(=C\Cc1ccc(-c2ccccc2)cc1)c1cccc2c1-c1c(ccc3c1sc1ccccc13)C21c2ccccc2C2(c3ccccc3-c3ccccc32)c2ccccc21.CC.NCc1ccccc1. The summed E-state index contributed by atoms with van der Waals surface area (Å²) in [5.41, 5.74) is 28.4. The van der Waals surface area contributed by atoms with Crippen molar-refractivity contribution in [1.82, 2.24) is 0 Å². The van der Waals surface area contributed by atoms with E-state index in [2.05, 4.69) is 219 Å². The summed E-state index contributed by atoms with van der Waals surface area (Å²) < 4.78 is 2.71. The van der Waals surface area contributed by atoms with Gasteiger partial charge in [-0.2, -0.15) is 0 Å². The fourth-order valence-corrected chi connectivity index (χ4v) is 13.6. The highest BCUT2D eigenvalue weighted by atomic mass is 32.1. The second kappa shape index (κ2) is 18.1. The van der Waals surface area contributed by atoms with Gasteiger partial charge in [-0.15, -0.1) is 11.3 Å². The van der Waals surface area contributed by atoms with E-state index in [9.17, 15) is 0 Å². The lowest BCUT2D eigenvalue weighted by atomic mass is 9.52. The van der Waals surface area contributed by atoms with Crippen LogP contribution in [0.4, 0.5) is 0 Å². The summed E-state index contributed by atoms with van der Waals surface area (Å²) in [4.78, 5) is 0. The van der Waals surface area contributed by atoms with Gasteiger partial charge in [0.05, 0.1) is 10.8 Å². The zero-order chi connectivity index (χ0) is 48.1. The molecular formula is C69H55NS. The molecule has 342 valence electrons. The second-order valence-corrected chi connectivity index (χ2v) is 19.8. The van der Waals surface area contributed by atoms with Crippen LogP contribution in [0.5, 0.6) is 0 Å². The van der Waals surface area contributed by atoms with Gasteiger partial charge in [-0.1, -0.05) is 250 Å². The highest BCUT2D eigenvalue weighted by molar-refractivity contribution is 7.26. The van der Waals surface area contributed by atoms with Crippen LogP contribution >= 0.6 is 11.3 Å². The Morgan fingerprint density at radius 3 is 1.48 bits per heavy atom. The molecule has 0 saturated heterocycles. The van der Waals surface area contributed by atoms with E-state index >= 15 is 0 Å². The van der Waals surface area contributed by atoms with Gasteiger partial charge in [-0.25, -0.2) is 0 Å². The summed E-state index contributed by atoms with van der Waals surface area (Å²) in [7, 11) is 0. The zero-order valence-corrected chi connectivity index (χ0v) is 41.3. The van der Waals surface area contributed by atoms with E-state index in [1.54, 1.807) is 0 Å². The molecule has 14 rings (SSSR count). The molecule has 0 radical (unpaired) electrons. The van der Waals surface area contributed by atoms with Crippen molar-refractivity contribution in [2.75, 3.05) is 0 Å². The maximum atomic E-state index is 5.35. The van der Waals surface area contributed by atoms with E-state index in [4.69, 9.17) is 5.73 Å². The van der Waals surface area contributed by atoms with Crippen LogP contribution in [0.15, 0.2) is 243 Å². The molecule has 0 amide bonds. The smallest absolute Gasteiger partial charge is 0.0720 e. The topological polar surface area (TPSA) is 26.0 Å². The fourth-order valence-electron chi connectivity index (χ4n) is 12.4. The monoisotopic (exact) mass is 929 g/mol. The third-order valence-corrected chi connectivity index (χ3v) is 16.5. The van der Waals surface area contributed by atoms with Crippen LogP contribution in [-0.2, 0) is 23.8 Å². The molecule has 2 heteroatoms. The lowest BCUT2D eigenvalue weighted by molar-refractivity contribution is 0.633. The van der Waals surface area contributed by atoms with Gasteiger partial charge in [-0.3, -0.25) is 0 Å². The quantitative estimate of drug-likeness (QED) is 0.183. The summed E-state index contributed by atoms with van der Waals surface area (Å²) in [6.07, 6.45) is 3.32. The van der Waals surface area contributed by atoms with Crippen LogP contribution < -0.4 is 5.73 Å². The van der Waals surface area contributed by atoms with E-state index in [1.807, 2.05) is 55.5 Å². The largest absolute Gasteiger partial charge is 0.326 e. The summed E-state index contributed by atoms with van der Waals surface area (Å²) >= 11 is 1.95. The van der Waals surface area contributed by atoms with E-state index in [-0.39, 0.29) is 0 Å². The Morgan fingerprint density at radius 1 is 0.408 bits per heavy atom. The Labute approximate surface area is 422 Å². The van der Waals surface area contributed by atoms with Crippen molar-refractivity contribution in [1.29, 1.82) is 0 Å². The molecule has 11 aromatic rings. The summed E-state index contributed by atoms with van der Waals surface area (Å²) in [6.45, 7) is 6.97. The van der Waals surface area contributed by atoms with Crippen LogP contribution in [0.2, 0.25) is 0 Å². The highest BCUT2D eigenvalue weighted by Gasteiger charge is 2.59. The van der Waals surface area contributed by atoms with Crippen molar-refractivity contribution in [2.24, 2.45) is 5.73 Å². The van der Waals surface area contributed by atoms with E-state index in [0.717, 1.165) is 6.42 Å². The molecule has 3 aliphatic carbocycles. The molecule has 2 N–H and O–H groups in total. The van der Waals surface area contributed by atoms with Gasteiger partial charge in [0.1, 0.15) is 0 Å². The second-order valence-electron chi connectivity index (χ2n) is 18.7. The van der Waals surface area contributed by atoms with Crippen LogP contribution in [-0.4, -0.2) is 0 Å². The van der Waals surface area contributed by atoms with Gasteiger partial charge < -0.3 is 5.73 Å². The molecule has 0 unspecified atom stereocenters. The predicted octanol–water partition coefficient (Wildman–Crippen LogP) is 17.6. The van der Waals surface area contributed by atoms with Crippen LogP contribution in [0.25, 0.3) is 59.1 Å². The van der Waals surface area contributed by atoms with Crippen molar-refractivity contribution in [3.05, 3.63) is 304 Å². The number of fused-ring (bicyclic) bond motifs is 20. The Bertz CT molecular complexity index is 3700. The summed E-state index contributed by atoms with van der Waals surface area (Å²) in [6, 6.07) is 88.0. The molecule has 0 bridgehead atoms. The number of nitrogens with two attached hydrogens (primary N) is 1. The molecule has 0 fully saturated rings. The van der Waals surface area contributed by atoms with Crippen molar-refractivity contribution >= 4 is 37.1 Å². The lowest BCUT2D eigenvalue weighted by Crippen LogP contribution is -2.43. The third-order valence-electron chi connectivity index (χ3n) is 15.3. The van der Waals surface area contributed by atoms with Gasteiger partial charge in [0.25, 0.3) is 0 Å². The molecule has 1 aromatic heterocycles. The van der Waals surface area contributed by atoms with E-state index in [0.29, 0.717) is 6.54 Å². The zero-order valence-electron chi connectivity index (χ0n) is 40.5. The standard InChI is InChI=1S/C60H40S.C7H9N.C2H6/c1-38(30-31-39-32-34-41(35-33-39)40-16-3-2-4-17-40)42-21-15-28-53-56(42)57-54(37-36-46-45-20-7-14-29-55(45)61-58(46)57)60(53)51-26-12-10-24-49(51)59(50-25-11-13-27-52(50)60)47-22-8-5-18-43(47)44-19-6-9-23-48(44)59;8-6-7-4-2-1-3-5-7;1-2/h2-30,32-37H,31H2,1H3;1-5H,6,8H2;1-2H3/b38-30+;;. The van der Waals surface area contributed by atoms with Crippen LogP contribution in [0.1, 0.15) is 82.0 Å². The van der Waals surface area contributed by atoms with Gasteiger partial charge in [0.15, 0.2) is 0 Å². The van der Waals surface area contributed by atoms with Crippen LogP contribution in [0.3, 0.4) is 0 Å². The van der Waals surface area contributed by atoms with E-state index in [1.165, 1.54) is 120 Å². The Hall–Kier alpha value is -7.88. The molecule has 0 aliphatic heterocycles. The third kappa shape index (κ3) is 6.70. The molecule has 1 nitrogen and oxygen atoms in total. The molecule has 0 saturated carbocycles. The first-order valence-electron chi connectivity index (χ1n) is 25.2. The first-order chi connectivity index (χ1) is 35.1. The molecule has 1 heterocycles. The van der Waals surface area contributed by atoms with Crippen molar-refractivity contribution < 1.29 is 0 Å². The number of allylic oxidation sites excluding steroid dienone is 2. The summed E-state index contributed by atoms with van der Waals surface area (Å²) in [5, 5.41) is 2.67. The Kier molecular flexibility index (Phi) is 11.3. The minimum atomic E-state index is -0.538. The van der Waals surface area contributed by atoms with Gasteiger partial charge in [-0.05, 0) is 114 Å². The number of hydrogen-bond acceptors (Lipinski definition) is 2. The fraction of sp³-hybridized carbons (Fsp3) is 0.101. The first-order valence-corrected chi connectivity index (χ1v) is 26.0. The average Bonchev–Trinajstić information content (AvgIpc) is 4.09. The maximum absolute atomic E-state index is 5.35. The molecule has 2 spiro atoms. The average molecular weight is 930 g/mol. The molecule has 71 heavy (non-hydrogen) atoms. The van der Waals surface area contributed by atoms with Gasteiger partial charge in [0, 0.05) is 32.3 Å². The van der Waals surface area contributed by atoms with Crippen LogP contribution in [0, 0.1) is 0 Å². The molecular weight excluding hydrogens is 875 g/mol. The predicted molar refractivity (Wildman–Crippen MR) is 302 cm³/mol. The van der Waals surface area contributed by atoms with E-state index < -0.39 is 10.8 Å². The Balaban J connectivity index is 0.000000469.